The number of benzene rings is 1. The number of ether oxygens (including phenoxy) is 1. The van der Waals surface area contributed by atoms with Crippen molar-refractivity contribution in [2.75, 3.05) is 24.7 Å². The number of rotatable bonds is 3. The van der Waals surface area contributed by atoms with Crippen molar-refractivity contribution in [1.29, 1.82) is 0 Å². The monoisotopic (exact) mass is 209 g/mol. The number of nitrogens with two attached hydrogens (primary N) is 1. The molecule has 0 aliphatic carbocycles. The summed E-state index contributed by atoms with van der Waals surface area (Å²) < 4.78 is 5.33. The minimum Gasteiger partial charge on any atom is -0.398 e. The van der Waals surface area contributed by atoms with Crippen LogP contribution in [0.2, 0.25) is 0 Å². The predicted molar refractivity (Wildman–Crippen MR) is 60.5 cm³/mol. The van der Waals surface area contributed by atoms with Gasteiger partial charge in [-0.25, -0.2) is 0 Å². The molecule has 0 saturated carbocycles. The number of anilines is 1. The third kappa shape index (κ3) is 2.42. The van der Waals surface area contributed by atoms with E-state index in [4.69, 9.17) is 10.5 Å². The van der Waals surface area contributed by atoms with Gasteiger partial charge in [0.05, 0.1) is 6.61 Å². The highest BCUT2D eigenvalue weighted by Crippen LogP contribution is 2.28. The molecule has 3 heteroatoms. The van der Waals surface area contributed by atoms with Crippen molar-refractivity contribution in [3.63, 3.8) is 0 Å². The van der Waals surface area contributed by atoms with Gasteiger partial charge in [0.2, 0.25) is 0 Å². The van der Waals surface area contributed by atoms with Crippen LogP contribution in [-0.4, -0.2) is 19.0 Å². The molecule has 2 N–H and O–H groups in total. The van der Waals surface area contributed by atoms with Gasteiger partial charge in [-0.2, -0.15) is 0 Å². The molecule has 1 atom stereocenters. The van der Waals surface area contributed by atoms with Gasteiger partial charge in [-0.1, -0.05) is 12.1 Å². The zero-order chi connectivity index (χ0) is 9.80. The van der Waals surface area contributed by atoms with Gasteiger partial charge in [0, 0.05) is 22.9 Å². The molecule has 2 rings (SSSR count). The number of hydrogen-bond donors (Lipinski definition) is 1. The van der Waals surface area contributed by atoms with Crippen LogP contribution in [0.3, 0.4) is 0 Å². The molecular formula is C11H15NOS. The van der Waals surface area contributed by atoms with E-state index in [1.807, 2.05) is 30.0 Å². The van der Waals surface area contributed by atoms with Crippen LogP contribution in [0.1, 0.15) is 6.42 Å². The molecule has 1 heterocycles. The van der Waals surface area contributed by atoms with Crippen LogP contribution in [-0.2, 0) is 4.74 Å². The van der Waals surface area contributed by atoms with E-state index in [1.165, 1.54) is 11.3 Å². The summed E-state index contributed by atoms with van der Waals surface area (Å²) in [7, 11) is 0. The Morgan fingerprint density at radius 1 is 1.43 bits per heavy atom. The molecule has 1 saturated heterocycles. The van der Waals surface area contributed by atoms with Crippen molar-refractivity contribution < 1.29 is 4.74 Å². The van der Waals surface area contributed by atoms with Crippen LogP contribution in [0.4, 0.5) is 5.69 Å². The lowest BCUT2D eigenvalue weighted by atomic mass is 10.2. The van der Waals surface area contributed by atoms with Crippen molar-refractivity contribution in [2.24, 2.45) is 5.92 Å². The van der Waals surface area contributed by atoms with Crippen molar-refractivity contribution >= 4 is 17.4 Å². The summed E-state index contributed by atoms with van der Waals surface area (Å²) in [5.41, 5.74) is 6.74. The average molecular weight is 209 g/mol. The topological polar surface area (TPSA) is 35.2 Å². The first kappa shape index (κ1) is 9.87. The average Bonchev–Trinajstić information content (AvgIpc) is 2.69. The molecule has 1 aliphatic rings. The van der Waals surface area contributed by atoms with Crippen molar-refractivity contribution in [1.82, 2.24) is 0 Å². The van der Waals surface area contributed by atoms with Crippen molar-refractivity contribution in [3.8, 4) is 0 Å². The lowest BCUT2D eigenvalue weighted by Crippen LogP contribution is -2.02. The van der Waals surface area contributed by atoms with Gasteiger partial charge in [-0.05, 0) is 24.5 Å². The van der Waals surface area contributed by atoms with Gasteiger partial charge < -0.3 is 10.5 Å². The fourth-order valence-corrected chi connectivity index (χ4v) is 2.62. The largest absolute Gasteiger partial charge is 0.398 e. The zero-order valence-electron chi connectivity index (χ0n) is 8.11. The predicted octanol–water partition coefficient (Wildman–Crippen LogP) is 2.40. The normalized spacial score (nSPS) is 21.3. The Balaban J connectivity index is 1.88. The fourth-order valence-electron chi connectivity index (χ4n) is 1.53. The third-order valence-electron chi connectivity index (χ3n) is 2.42. The van der Waals surface area contributed by atoms with E-state index in [0.717, 1.165) is 24.7 Å². The molecule has 0 radical (unpaired) electrons. The summed E-state index contributed by atoms with van der Waals surface area (Å²) in [6.07, 6.45) is 1.19. The van der Waals surface area contributed by atoms with E-state index in [1.54, 1.807) is 0 Å². The Morgan fingerprint density at radius 2 is 2.29 bits per heavy atom. The smallest absolute Gasteiger partial charge is 0.0503 e. The summed E-state index contributed by atoms with van der Waals surface area (Å²) in [6.45, 7) is 1.84. The second kappa shape index (κ2) is 4.71. The van der Waals surface area contributed by atoms with Crippen LogP contribution in [0.5, 0.6) is 0 Å². The van der Waals surface area contributed by atoms with E-state index >= 15 is 0 Å². The Labute approximate surface area is 88.8 Å². The quantitative estimate of drug-likeness (QED) is 0.613. The molecule has 0 bridgehead atoms. The number of para-hydroxylation sites is 1. The molecule has 1 fully saturated rings. The minimum atomic E-state index is 0.708. The number of hydrogen-bond acceptors (Lipinski definition) is 3. The van der Waals surface area contributed by atoms with Gasteiger partial charge >= 0.3 is 0 Å². The van der Waals surface area contributed by atoms with E-state index in [-0.39, 0.29) is 0 Å². The molecule has 0 spiro atoms. The van der Waals surface area contributed by atoms with Crippen LogP contribution in [0, 0.1) is 5.92 Å². The highest BCUT2D eigenvalue weighted by Gasteiger charge is 2.15. The second-order valence-electron chi connectivity index (χ2n) is 3.58. The maximum Gasteiger partial charge on any atom is 0.0503 e. The lowest BCUT2D eigenvalue weighted by molar-refractivity contribution is 0.189. The van der Waals surface area contributed by atoms with E-state index in [0.29, 0.717) is 5.92 Å². The first-order valence-electron chi connectivity index (χ1n) is 4.91. The molecule has 1 unspecified atom stereocenters. The van der Waals surface area contributed by atoms with Gasteiger partial charge in [0.15, 0.2) is 0 Å². The van der Waals surface area contributed by atoms with Gasteiger partial charge in [-0.15, -0.1) is 11.8 Å². The van der Waals surface area contributed by atoms with Crippen LogP contribution in [0.15, 0.2) is 29.2 Å². The molecule has 1 aromatic carbocycles. The maximum atomic E-state index is 5.85. The van der Waals surface area contributed by atoms with E-state index < -0.39 is 0 Å². The maximum absolute atomic E-state index is 5.85. The van der Waals surface area contributed by atoms with E-state index in [2.05, 4.69) is 6.07 Å². The molecule has 0 amide bonds. The number of thioether (sulfide) groups is 1. The Bertz CT molecular complexity index is 297. The summed E-state index contributed by atoms with van der Waals surface area (Å²) in [6, 6.07) is 8.03. The molecule has 0 aromatic heterocycles. The third-order valence-corrected chi connectivity index (χ3v) is 3.74. The Kier molecular flexibility index (Phi) is 3.32. The first-order chi connectivity index (χ1) is 6.86. The molecule has 1 aliphatic heterocycles. The summed E-state index contributed by atoms with van der Waals surface area (Å²) >= 11 is 1.84. The van der Waals surface area contributed by atoms with Crippen LogP contribution < -0.4 is 5.73 Å². The second-order valence-corrected chi connectivity index (χ2v) is 4.64. The summed E-state index contributed by atoms with van der Waals surface area (Å²) in [5, 5.41) is 0. The lowest BCUT2D eigenvalue weighted by Gasteiger charge is -2.08. The summed E-state index contributed by atoms with van der Waals surface area (Å²) in [4.78, 5) is 1.19. The van der Waals surface area contributed by atoms with Crippen molar-refractivity contribution in [2.45, 2.75) is 11.3 Å². The van der Waals surface area contributed by atoms with E-state index in [9.17, 15) is 0 Å². The van der Waals surface area contributed by atoms with Gasteiger partial charge in [0.25, 0.3) is 0 Å². The standard InChI is InChI=1S/C11H15NOS/c12-10-3-1-2-4-11(10)14-8-9-5-6-13-7-9/h1-4,9H,5-8,12H2. The SMILES string of the molecule is Nc1ccccc1SCC1CCOC1. The first-order valence-corrected chi connectivity index (χ1v) is 5.90. The number of nitrogen functional groups attached to an aromatic ring is 1. The molecule has 76 valence electrons. The molecule has 2 nitrogen and oxygen atoms in total. The fraction of sp³-hybridized carbons (Fsp3) is 0.455. The zero-order valence-corrected chi connectivity index (χ0v) is 8.93. The Morgan fingerprint density at radius 3 is 3.00 bits per heavy atom. The van der Waals surface area contributed by atoms with Crippen LogP contribution >= 0.6 is 11.8 Å². The molecule has 1 aromatic rings. The van der Waals surface area contributed by atoms with Crippen LogP contribution in [0.25, 0.3) is 0 Å². The van der Waals surface area contributed by atoms with Gasteiger partial charge in [0.1, 0.15) is 0 Å². The Hall–Kier alpha value is -0.670. The molecule has 14 heavy (non-hydrogen) atoms. The van der Waals surface area contributed by atoms with Gasteiger partial charge in [-0.3, -0.25) is 0 Å². The van der Waals surface area contributed by atoms with Crippen molar-refractivity contribution in [3.05, 3.63) is 24.3 Å². The summed E-state index contributed by atoms with van der Waals surface area (Å²) in [5.74, 6) is 1.83. The highest BCUT2D eigenvalue weighted by molar-refractivity contribution is 7.99. The highest BCUT2D eigenvalue weighted by atomic mass is 32.2. The minimum absolute atomic E-state index is 0.708. The molecular weight excluding hydrogens is 194 g/mol.